The number of rotatable bonds is 4. The van der Waals surface area contributed by atoms with Crippen molar-refractivity contribution in [3.63, 3.8) is 0 Å². The van der Waals surface area contributed by atoms with Gasteiger partial charge in [0.2, 0.25) is 11.6 Å². The lowest BCUT2D eigenvalue weighted by molar-refractivity contribution is 0.334. The summed E-state index contributed by atoms with van der Waals surface area (Å²) in [7, 11) is 1.88. The number of fused-ring (bicyclic) bond motifs is 2. The van der Waals surface area contributed by atoms with Gasteiger partial charge in [0.05, 0.1) is 25.3 Å². The first-order valence-corrected chi connectivity index (χ1v) is 11.0. The summed E-state index contributed by atoms with van der Waals surface area (Å²) in [5.74, 6) is -16.6. The van der Waals surface area contributed by atoms with Crippen LogP contribution in [0.15, 0.2) is 42.5 Å². The van der Waals surface area contributed by atoms with Crippen LogP contribution in [-0.2, 0) is 0 Å². The highest BCUT2D eigenvalue weighted by Gasteiger charge is 2.32. The van der Waals surface area contributed by atoms with Crippen LogP contribution in [0.1, 0.15) is 0 Å². The van der Waals surface area contributed by atoms with Crippen molar-refractivity contribution >= 4 is 21.5 Å². The molecule has 0 bridgehead atoms. The predicted octanol–water partition coefficient (Wildman–Crippen LogP) is 8.60. The highest BCUT2D eigenvalue weighted by atomic mass is 19.2. The summed E-state index contributed by atoms with van der Waals surface area (Å²) >= 11 is 0. The maximum Gasteiger partial charge on any atom is 0.204 e. The van der Waals surface area contributed by atoms with Gasteiger partial charge >= 0.3 is 0 Å². The largest absolute Gasteiger partial charge is 0.497 e. The lowest BCUT2D eigenvalue weighted by Crippen LogP contribution is -2.06. The SMILES string of the molecule is COc1cc(F)c(-c2c3cc(F)c(F)cc3c(-c3c(F)c(F)c(OC)c(F)c3F)c3c(F)cccc23)c(F)c1. The number of ether oxygens (including phenoxy) is 2. The zero-order valence-electron chi connectivity index (χ0n) is 19.8. The summed E-state index contributed by atoms with van der Waals surface area (Å²) in [6, 6.07) is 5.38. The molecule has 0 amide bonds. The summed E-state index contributed by atoms with van der Waals surface area (Å²) in [6.45, 7) is 0. The van der Waals surface area contributed by atoms with Crippen molar-refractivity contribution in [2.45, 2.75) is 0 Å². The van der Waals surface area contributed by atoms with Gasteiger partial charge in [-0.05, 0) is 34.4 Å². The van der Waals surface area contributed by atoms with Gasteiger partial charge < -0.3 is 9.47 Å². The summed E-state index contributed by atoms with van der Waals surface area (Å²) in [6.07, 6.45) is 0. The summed E-state index contributed by atoms with van der Waals surface area (Å²) < 4.78 is 144. The normalized spacial score (nSPS) is 11.5. The van der Waals surface area contributed by atoms with Gasteiger partial charge in [0, 0.05) is 28.6 Å². The molecule has 0 aliphatic carbocycles. The van der Waals surface area contributed by atoms with Crippen molar-refractivity contribution < 1.29 is 49.0 Å². The van der Waals surface area contributed by atoms with Crippen LogP contribution in [-0.4, -0.2) is 14.2 Å². The molecule has 5 rings (SSSR count). The first kappa shape index (κ1) is 26.2. The average Bonchev–Trinajstić information content (AvgIpc) is 2.89. The van der Waals surface area contributed by atoms with E-state index >= 15 is 22.0 Å². The van der Waals surface area contributed by atoms with Crippen LogP contribution in [0.4, 0.5) is 39.5 Å². The van der Waals surface area contributed by atoms with Crippen molar-refractivity contribution in [1.29, 1.82) is 0 Å². The molecule has 0 saturated heterocycles. The van der Waals surface area contributed by atoms with E-state index in [9.17, 15) is 17.6 Å². The molecule has 0 heterocycles. The second kappa shape index (κ2) is 9.40. The molecule has 2 nitrogen and oxygen atoms in total. The predicted molar refractivity (Wildman–Crippen MR) is 125 cm³/mol. The third kappa shape index (κ3) is 3.83. The van der Waals surface area contributed by atoms with E-state index in [1.54, 1.807) is 0 Å². The molecule has 200 valence electrons. The second-order valence-electron chi connectivity index (χ2n) is 8.35. The van der Waals surface area contributed by atoms with E-state index < -0.39 is 102 Å². The Kier molecular flexibility index (Phi) is 6.32. The van der Waals surface area contributed by atoms with Gasteiger partial charge in [0.15, 0.2) is 29.0 Å². The molecule has 39 heavy (non-hydrogen) atoms. The fourth-order valence-corrected chi connectivity index (χ4v) is 4.67. The van der Waals surface area contributed by atoms with E-state index in [1.807, 2.05) is 0 Å². The van der Waals surface area contributed by atoms with Gasteiger partial charge in [0.1, 0.15) is 23.2 Å². The fourth-order valence-electron chi connectivity index (χ4n) is 4.67. The van der Waals surface area contributed by atoms with E-state index in [-0.39, 0.29) is 5.75 Å². The van der Waals surface area contributed by atoms with Gasteiger partial charge in [-0.15, -0.1) is 0 Å². The minimum absolute atomic E-state index is 0.240. The zero-order chi connectivity index (χ0) is 28.3. The third-order valence-corrected chi connectivity index (χ3v) is 6.31. The van der Waals surface area contributed by atoms with Crippen LogP contribution in [0.2, 0.25) is 0 Å². The van der Waals surface area contributed by atoms with Gasteiger partial charge in [-0.3, -0.25) is 0 Å². The Hall–Kier alpha value is -4.41. The van der Waals surface area contributed by atoms with Crippen LogP contribution in [0.25, 0.3) is 43.8 Å². The molecular formula is C28H13F9O2. The molecule has 0 N–H and O–H groups in total. The Morgan fingerprint density at radius 2 is 1.00 bits per heavy atom. The lowest BCUT2D eigenvalue weighted by atomic mass is 9.84. The minimum atomic E-state index is -2.03. The molecule has 0 unspecified atom stereocenters. The Balaban J connectivity index is 2.11. The van der Waals surface area contributed by atoms with Gasteiger partial charge in [0.25, 0.3) is 0 Å². The van der Waals surface area contributed by atoms with Crippen LogP contribution < -0.4 is 9.47 Å². The van der Waals surface area contributed by atoms with Gasteiger partial charge in [-0.1, -0.05) is 12.1 Å². The average molecular weight is 552 g/mol. The maximum absolute atomic E-state index is 15.4. The highest BCUT2D eigenvalue weighted by molar-refractivity contribution is 6.21. The van der Waals surface area contributed by atoms with Crippen LogP contribution in [0.3, 0.4) is 0 Å². The minimum Gasteiger partial charge on any atom is -0.497 e. The monoisotopic (exact) mass is 552 g/mol. The number of methoxy groups -OCH3 is 2. The molecule has 5 aromatic carbocycles. The maximum atomic E-state index is 15.4. The van der Waals surface area contributed by atoms with Crippen molar-refractivity contribution in [1.82, 2.24) is 0 Å². The first-order chi connectivity index (χ1) is 18.5. The van der Waals surface area contributed by atoms with E-state index in [0.29, 0.717) is 12.1 Å². The molecule has 5 aromatic rings. The van der Waals surface area contributed by atoms with Crippen molar-refractivity contribution in [2.75, 3.05) is 14.2 Å². The number of benzene rings is 5. The lowest BCUT2D eigenvalue weighted by Gasteiger charge is -2.20. The molecule has 0 atom stereocenters. The number of halogens is 9. The molecule has 11 heteroatoms. The molecule has 0 radical (unpaired) electrons. The van der Waals surface area contributed by atoms with Crippen LogP contribution in [0.5, 0.6) is 11.5 Å². The van der Waals surface area contributed by atoms with Crippen molar-refractivity contribution in [3.8, 4) is 33.8 Å². The van der Waals surface area contributed by atoms with Gasteiger partial charge in [-0.25, -0.2) is 30.7 Å². The van der Waals surface area contributed by atoms with E-state index in [4.69, 9.17) is 4.74 Å². The quantitative estimate of drug-likeness (QED) is 0.126. The summed E-state index contributed by atoms with van der Waals surface area (Å²) in [5, 5.41) is -2.44. The number of hydrogen-bond acceptors (Lipinski definition) is 2. The van der Waals surface area contributed by atoms with Crippen LogP contribution >= 0.6 is 0 Å². The molecule has 0 saturated carbocycles. The molecular weight excluding hydrogens is 539 g/mol. The first-order valence-electron chi connectivity index (χ1n) is 11.0. The van der Waals surface area contributed by atoms with Gasteiger partial charge in [-0.2, -0.15) is 8.78 Å². The third-order valence-electron chi connectivity index (χ3n) is 6.31. The van der Waals surface area contributed by atoms with Crippen LogP contribution in [0, 0.1) is 52.4 Å². The Morgan fingerprint density at radius 1 is 0.462 bits per heavy atom. The number of hydrogen-bond donors (Lipinski definition) is 0. The molecule has 0 aromatic heterocycles. The smallest absolute Gasteiger partial charge is 0.204 e. The Morgan fingerprint density at radius 3 is 1.51 bits per heavy atom. The molecule has 0 fully saturated rings. The Bertz CT molecular complexity index is 1780. The van der Waals surface area contributed by atoms with E-state index in [1.165, 1.54) is 0 Å². The van der Waals surface area contributed by atoms with E-state index in [0.717, 1.165) is 44.6 Å². The van der Waals surface area contributed by atoms with Crippen molar-refractivity contribution in [3.05, 3.63) is 94.8 Å². The highest BCUT2D eigenvalue weighted by Crippen LogP contribution is 2.49. The summed E-state index contributed by atoms with van der Waals surface area (Å²) in [4.78, 5) is 0. The fraction of sp³-hybridized carbons (Fsp3) is 0.0714. The second-order valence-corrected chi connectivity index (χ2v) is 8.35. The summed E-state index contributed by atoms with van der Waals surface area (Å²) in [5.41, 5.74) is -3.75. The van der Waals surface area contributed by atoms with Crippen molar-refractivity contribution in [2.24, 2.45) is 0 Å². The zero-order valence-corrected chi connectivity index (χ0v) is 19.8. The topological polar surface area (TPSA) is 18.5 Å². The molecule has 0 spiro atoms. The molecule has 0 aliphatic rings. The standard InChI is InChI=1S/C28H13F9O2/c1-38-10-6-17(32)22(18(33)7-10)19-11-4-3-5-14(29)20(11)21(13-9-16(31)15(30)8-12(13)19)23-24(34)26(36)28(39-2)27(37)25(23)35/h3-9H,1-2H3. The van der Waals surface area contributed by atoms with E-state index in [2.05, 4.69) is 4.74 Å². The molecule has 0 aliphatic heterocycles. The Labute approximate surface area is 213 Å².